The molecule has 2 N–H and O–H groups in total. The Hall–Kier alpha value is -1.96. The molecule has 0 amide bonds. The quantitative estimate of drug-likeness (QED) is 0.538. The molecule has 0 fully saturated rings. The predicted octanol–water partition coefficient (Wildman–Crippen LogP) is 5.18. The topological polar surface area (TPSA) is 35.2 Å². The Bertz CT molecular complexity index is 545. The molecule has 0 bridgehead atoms. The number of unbranched alkanes of at least 4 members (excludes halogenated alkanes) is 1. The number of rotatable bonds is 8. The molecule has 1 unspecified atom stereocenters. The average molecular weight is 297 g/mol. The van der Waals surface area contributed by atoms with Gasteiger partial charge in [-0.05, 0) is 60.6 Å². The summed E-state index contributed by atoms with van der Waals surface area (Å²) in [6, 6.07) is 16.7. The van der Waals surface area contributed by atoms with Gasteiger partial charge in [0.2, 0.25) is 0 Å². The molecule has 0 saturated heterocycles. The third-order valence-electron chi connectivity index (χ3n) is 4.06. The Morgan fingerprint density at radius 1 is 1.00 bits per heavy atom. The van der Waals surface area contributed by atoms with Crippen LogP contribution < -0.4 is 10.5 Å². The van der Waals surface area contributed by atoms with Gasteiger partial charge in [0.05, 0.1) is 6.61 Å². The lowest BCUT2D eigenvalue weighted by molar-refractivity contribution is 0.309. The second-order valence-electron chi connectivity index (χ2n) is 5.95. The van der Waals surface area contributed by atoms with Gasteiger partial charge in [-0.15, -0.1) is 0 Å². The summed E-state index contributed by atoms with van der Waals surface area (Å²) in [4.78, 5) is 0. The molecule has 0 aliphatic rings. The van der Waals surface area contributed by atoms with Gasteiger partial charge >= 0.3 is 0 Å². The molecule has 22 heavy (non-hydrogen) atoms. The molecule has 2 aromatic carbocycles. The fraction of sp³-hybridized carbons (Fsp3) is 0.400. The van der Waals surface area contributed by atoms with Crippen LogP contribution in [0.25, 0.3) is 0 Å². The van der Waals surface area contributed by atoms with E-state index in [4.69, 9.17) is 10.5 Å². The van der Waals surface area contributed by atoms with Gasteiger partial charge in [-0.3, -0.25) is 0 Å². The molecule has 2 nitrogen and oxygen atoms in total. The van der Waals surface area contributed by atoms with Crippen LogP contribution in [0.2, 0.25) is 0 Å². The van der Waals surface area contributed by atoms with Crippen molar-refractivity contribution in [1.29, 1.82) is 0 Å². The van der Waals surface area contributed by atoms with Crippen molar-refractivity contribution in [3.8, 4) is 5.75 Å². The van der Waals surface area contributed by atoms with E-state index < -0.39 is 0 Å². The minimum atomic E-state index is 0.543. The first kappa shape index (κ1) is 16.4. The number of nitrogens with two attached hydrogens (primary N) is 1. The summed E-state index contributed by atoms with van der Waals surface area (Å²) in [5.41, 5.74) is 9.29. The average Bonchev–Trinajstić information content (AvgIpc) is 2.55. The van der Waals surface area contributed by atoms with Crippen LogP contribution in [0.4, 0.5) is 5.69 Å². The second kappa shape index (κ2) is 8.47. The Labute approximate surface area is 134 Å². The lowest BCUT2D eigenvalue weighted by atomic mass is 9.94. The van der Waals surface area contributed by atoms with Gasteiger partial charge in [-0.25, -0.2) is 0 Å². The number of anilines is 1. The summed E-state index contributed by atoms with van der Waals surface area (Å²) in [7, 11) is 0. The molecule has 2 rings (SSSR count). The molecular formula is C20H27NO. The molecule has 118 valence electrons. The maximum absolute atomic E-state index is 5.74. The number of aryl methyl sites for hydroxylation is 1. The first-order valence-electron chi connectivity index (χ1n) is 8.26. The third-order valence-corrected chi connectivity index (χ3v) is 4.06. The Balaban J connectivity index is 1.82. The van der Waals surface area contributed by atoms with Crippen LogP contribution in [0.3, 0.4) is 0 Å². The van der Waals surface area contributed by atoms with Gasteiger partial charge in [-0.2, -0.15) is 0 Å². The summed E-state index contributed by atoms with van der Waals surface area (Å²) in [5, 5.41) is 0. The lowest BCUT2D eigenvalue weighted by Gasteiger charge is -2.12. The van der Waals surface area contributed by atoms with E-state index in [2.05, 4.69) is 50.2 Å². The fourth-order valence-electron chi connectivity index (χ4n) is 2.46. The van der Waals surface area contributed by atoms with Crippen LogP contribution in [-0.2, 0) is 6.42 Å². The van der Waals surface area contributed by atoms with Crippen LogP contribution >= 0.6 is 0 Å². The van der Waals surface area contributed by atoms with Crippen molar-refractivity contribution >= 4 is 5.69 Å². The van der Waals surface area contributed by atoms with Crippen LogP contribution in [0.1, 0.15) is 50.2 Å². The molecule has 0 aliphatic heterocycles. The fourth-order valence-corrected chi connectivity index (χ4v) is 2.46. The minimum Gasteiger partial charge on any atom is -0.494 e. The van der Waals surface area contributed by atoms with Crippen molar-refractivity contribution in [1.82, 2.24) is 0 Å². The SMILES string of the molecule is CCCCOc1ccc(CCC(C)c2ccc(N)cc2)cc1. The highest BCUT2D eigenvalue weighted by molar-refractivity contribution is 5.40. The van der Waals surface area contributed by atoms with Gasteiger partial charge in [0.15, 0.2) is 0 Å². The first-order chi connectivity index (χ1) is 10.7. The van der Waals surface area contributed by atoms with Crippen LogP contribution in [0.5, 0.6) is 5.75 Å². The number of ether oxygens (including phenoxy) is 1. The summed E-state index contributed by atoms with van der Waals surface area (Å²) >= 11 is 0. The van der Waals surface area contributed by atoms with E-state index in [1.165, 1.54) is 17.5 Å². The Kier molecular flexibility index (Phi) is 6.32. The number of benzene rings is 2. The molecule has 0 radical (unpaired) electrons. The van der Waals surface area contributed by atoms with Crippen molar-refractivity contribution < 1.29 is 4.74 Å². The molecular weight excluding hydrogens is 270 g/mol. The van der Waals surface area contributed by atoms with E-state index in [1.54, 1.807) is 0 Å². The normalized spacial score (nSPS) is 12.1. The van der Waals surface area contributed by atoms with Gasteiger partial charge in [-0.1, -0.05) is 44.5 Å². The first-order valence-corrected chi connectivity index (χ1v) is 8.26. The van der Waals surface area contributed by atoms with E-state index in [-0.39, 0.29) is 0 Å². The van der Waals surface area contributed by atoms with Gasteiger partial charge in [0.25, 0.3) is 0 Å². The molecule has 0 spiro atoms. The van der Waals surface area contributed by atoms with Crippen molar-refractivity contribution in [3.05, 3.63) is 59.7 Å². The Morgan fingerprint density at radius 2 is 1.68 bits per heavy atom. The monoisotopic (exact) mass is 297 g/mol. The van der Waals surface area contributed by atoms with Crippen LogP contribution in [-0.4, -0.2) is 6.61 Å². The van der Waals surface area contributed by atoms with Crippen molar-refractivity contribution in [2.75, 3.05) is 12.3 Å². The summed E-state index contributed by atoms with van der Waals surface area (Å²) in [6.45, 7) is 5.26. The summed E-state index contributed by atoms with van der Waals surface area (Å²) in [5.74, 6) is 1.52. The Morgan fingerprint density at radius 3 is 2.32 bits per heavy atom. The van der Waals surface area contributed by atoms with Crippen LogP contribution in [0.15, 0.2) is 48.5 Å². The largest absolute Gasteiger partial charge is 0.494 e. The number of nitrogen functional groups attached to an aromatic ring is 1. The van der Waals surface area contributed by atoms with E-state index in [0.717, 1.165) is 37.3 Å². The van der Waals surface area contributed by atoms with Crippen molar-refractivity contribution in [2.24, 2.45) is 0 Å². The van der Waals surface area contributed by atoms with Gasteiger partial charge in [0.1, 0.15) is 5.75 Å². The maximum atomic E-state index is 5.74. The minimum absolute atomic E-state index is 0.543. The molecule has 0 heterocycles. The highest BCUT2D eigenvalue weighted by Crippen LogP contribution is 2.23. The van der Waals surface area contributed by atoms with Gasteiger partial charge in [0, 0.05) is 5.69 Å². The van der Waals surface area contributed by atoms with Crippen molar-refractivity contribution in [3.63, 3.8) is 0 Å². The second-order valence-corrected chi connectivity index (χ2v) is 5.95. The number of hydrogen-bond donors (Lipinski definition) is 1. The van der Waals surface area contributed by atoms with E-state index >= 15 is 0 Å². The lowest BCUT2D eigenvalue weighted by Crippen LogP contribution is -1.98. The third kappa shape index (κ3) is 5.10. The smallest absolute Gasteiger partial charge is 0.119 e. The highest BCUT2D eigenvalue weighted by Gasteiger charge is 2.06. The zero-order chi connectivity index (χ0) is 15.8. The molecule has 2 aromatic rings. The maximum Gasteiger partial charge on any atom is 0.119 e. The summed E-state index contributed by atoms with van der Waals surface area (Å²) < 4.78 is 5.70. The standard InChI is InChI=1S/C20H27NO/c1-3-4-15-22-20-13-7-17(8-14-20)6-5-16(2)18-9-11-19(21)12-10-18/h7-14,16H,3-6,15,21H2,1-2H3. The zero-order valence-electron chi connectivity index (χ0n) is 13.7. The molecule has 1 atom stereocenters. The molecule has 0 saturated carbocycles. The predicted molar refractivity (Wildman–Crippen MR) is 94.4 cm³/mol. The summed E-state index contributed by atoms with van der Waals surface area (Å²) in [6.07, 6.45) is 4.50. The van der Waals surface area contributed by atoms with Crippen LogP contribution in [0, 0.1) is 0 Å². The van der Waals surface area contributed by atoms with Crippen molar-refractivity contribution in [2.45, 2.75) is 45.4 Å². The van der Waals surface area contributed by atoms with Gasteiger partial charge < -0.3 is 10.5 Å². The highest BCUT2D eigenvalue weighted by atomic mass is 16.5. The number of hydrogen-bond acceptors (Lipinski definition) is 2. The zero-order valence-corrected chi connectivity index (χ0v) is 13.7. The molecule has 2 heteroatoms. The molecule has 0 aliphatic carbocycles. The van der Waals surface area contributed by atoms with E-state index in [0.29, 0.717) is 5.92 Å². The molecule has 0 aromatic heterocycles. The van der Waals surface area contributed by atoms with E-state index in [9.17, 15) is 0 Å². The van der Waals surface area contributed by atoms with E-state index in [1.807, 2.05) is 12.1 Å².